The molecule has 0 aliphatic rings. The van der Waals surface area contributed by atoms with Crippen LogP contribution in [0.2, 0.25) is 0 Å². The fourth-order valence-electron chi connectivity index (χ4n) is 2.24. The van der Waals surface area contributed by atoms with Crippen LogP contribution in [0.5, 0.6) is 11.5 Å². The molecule has 11 heteroatoms. The highest BCUT2D eigenvalue weighted by molar-refractivity contribution is 6.07. The van der Waals surface area contributed by atoms with Crippen LogP contribution in [0.15, 0.2) is 42.5 Å². The molecule has 0 heterocycles. The monoisotopic (exact) mass is 394 g/mol. The number of non-ortho nitro benzene ring substituents is 1. The third-order valence-corrected chi connectivity index (χ3v) is 3.48. The van der Waals surface area contributed by atoms with Gasteiger partial charge in [-0.15, -0.1) is 0 Å². The Hall–Kier alpha value is -3.89. The number of carbonyl (C=O) groups is 1. The SMILES string of the molecule is COc1cc(/C=C/C(=O)c2cccc([N+](=O)[O-])c2)c([N+](=O)[O-])cc1OC(F)F. The summed E-state index contributed by atoms with van der Waals surface area (Å²) in [6.07, 6.45) is 2.04. The zero-order valence-electron chi connectivity index (χ0n) is 14.2. The van der Waals surface area contributed by atoms with E-state index in [0.717, 1.165) is 37.5 Å². The van der Waals surface area contributed by atoms with Gasteiger partial charge >= 0.3 is 6.61 Å². The average Bonchev–Trinajstić information content (AvgIpc) is 2.65. The number of alkyl halides is 2. The van der Waals surface area contributed by atoms with Crippen molar-refractivity contribution in [2.75, 3.05) is 7.11 Å². The van der Waals surface area contributed by atoms with Crippen LogP contribution in [-0.2, 0) is 0 Å². The topological polar surface area (TPSA) is 122 Å². The molecular formula is C17H12F2N2O7. The molecule has 0 unspecified atom stereocenters. The fraction of sp³-hybridized carbons (Fsp3) is 0.118. The summed E-state index contributed by atoms with van der Waals surface area (Å²) >= 11 is 0. The van der Waals surface area contributed by atoms with Gasteiger partial charge in [0.25, 0.3) is 11.4 Å². The Balaban J connectivity index is 2.41. The number of methoxy groups -OCH3 is 1. The lowest BCUT2D eigenvalue weighted by molar-refractivity contribution is -0.385. The van der Waals surface area contributed by atoms with Crippen molar-refractivity contribution in [3.8, 4) is 11.5 Å². The Bertz CT molecular complexity index is 961. The van der Waals surface area contributed by atoms with Crippen molar-refractivity contribution in [1.82, 2.24) is 0 Å². The van der Waals surface area contributed by atoms with Gasteiger partial charge < -0.3 is 9.47 Å². The van der Waals surface area contributed by atoms with E-state index in [2.05, 4.69) is 4.74 Å². The molecule has 0 aromatic heterocycles. The first-order valence-corrected chi connectivity index (χ1v) is 7.51. The lowest BCUT2D eigenvalue weighted by Gasteiger charge is -2.10. The largest absolute Gasteiger partial charge is 0.493 e. The third kappa shape index (κ3) is 4.84. The van der Waals surface area contributed by atoms with E-state index in [1.807, 2.05) is 0 Å². The molecule has 2 rings (SSSR count). The summed E-state index contributed by atoms with van der Waals surface area (Å²) in [4.78, 5) is 32.7. The summed E-state index contributed by atoms with van der Waals surface area (Å²) < 4.78 is 34.0. The third-order valence-electron chi connectivity index (χ3n) is 3.48. The molecule has 0 saturated carbocycles. The second-order valence-corrected chi connectivity index (χ2v) is 5.20. The van der Waals surface area contributed by atoms with Crippen LogP contribution in [0, 0.1) is 20.2 Å². The second kappa shape index (κ2) is 8.66. The maximum atomic E-state index is 12.4. The van der Waals surface area contributed by atoms with Crippen molar-refractivity contribution in [3.05, 3.63) is 73.8 Å². The maximum Gasteiger partial charge on any atom is 0.387 e. The van der Waals surface area contributed by atoms with Crippen molar-refractivity contribution >= 4 is 23.2 Å². The van der Waals surface area contributed by atoms with E-state index in [-0.39, 0.29) is 22.6 Å². The van der Waals surface area contributed by atoms with E-state index < -0.39 is 33.7 Å². The maximum absolute atomic E-state index is 12.4. The number of ether oxygens (including phenoxy) is 2. The summed E-state index contributed by atoms with van der Waals surface area (Å²) in [5, 5.41) is 22.0. The molecule has 0 spiro atoms. The molecule has 0 saturated heterocycles. The number of hydrogen-bond acceptors (Lipinski definition) is 7. The Morgan fingerprint density at radius 2 is 1.82 bits per heavy atom. The van der Waals surface area contributed by atoms with Crippen LogP contribution in [0.4, 0.5) is 20.2 Å². The lowest BCUT2D eigenvalue weighted by Crippen LogP contribution is -2.05. The number of nitrogens with zero attached hydrogens (tertiary/aromatic N) is 2. The van der Waals surface area contributed by atoms with Crippen molar-refractivity contribution in [3.63, 3.8) is 0 Å². The Kier molecular flexibility index (Phi) is 6.32. The smallest absolute Gasteiger partial charge is 0.387 e. The molecule has 0 N–H and O–H groups in total. The minimum Gasteiger partial charge on any atom is -0.493 e. The molecule has 146 valence electrons. The van der Waals surface area contributed by atoms with Crippen molar-refractivity contribution < 1.29 is 32.9 Å². The van der Waals surface area contributed by atoms with E-state index in [4.69, 9.17) is 4.74 Å². The molecule has 0 aliphatic heterocycles. The van der Waals surface area contributed by atoms with Gasteiger partial charge in [-0.05, 0) is 18.2 Å². The van der Waals surface area contributed by atoms with Gasteiger partial charge in [0, 0.05) is 17.7 Å². The number of carbonyl (C=O) groups excluding carboxylic acids is 1. The number of hydrogen-bond donors (Lipinski definition) is 0. The second-order valence-electron chi connectivity index (χ2n) is 5.20. The Morgan fingerprint density at radius 1 is 1.11 bits per heavy atom. The fourth-order valence-corrected chi connectivity index (χ4v) is 2.24. The number of ketones is 1. The van der Waals surface area contributed by atoms with E-state index in [1.165, 1.54) is 18.2 Å². The molecule has 0 fully saturated rings. The quantitative estimate of drug-likeness (QED) is 0.287. The predicted octanol–water partition coefficient (Wildman–Crippen LogP) is 4.01. The van der Waals surface area contributed by atoms with Crippen molar-refractivity contribution in [1.29, 1.82) is 0 Å². The number of rotatable bonds is 8. The van der Waals surface area contributed by atoms with Crippen LogP contribution in [0.1, 0.15) is 15.9 Å². The van der Waals surface area contributed by atoms with Crippen molar-refractivity contribution in [2.45, 2.75) is 6.61 Å². The van der Waals surface area contributed by atoms with E-state index >= 15 is 0 Å². The summed E-state index contributed by atoms with van der Waals surface area (Å²) in [6, 6.07) is 6.74. The van der Waals surface area contributed by atoms with E-state index in [1.54, 1.807) is 0 Å². The highest BCUT2D eigenvalue weighted by Gasteiger charge is 2.20. The Morgan fingerprint density at radius 3 is 2.39 bits per heavy atom. The molecule has 2 aromatic carbocycles. The summed E-state index contributed by atoms with van der Waals surface area (Å²) in [5.74, 6) is -1.38. The normalized spacial score (nSPS) is 10.9. The van der Waals surface area contributed by atoms with Gasteiger partial charge in [0.2, 0.25) is 0 Å². The first kappa shape index (κ1) is 20.4. The van der Waals surface area contributed by atoms with Gasteiger partial charge in [-0.25, -0.2) is 0 Å². The van der Waals surface area contributed by atoms with Crippen LogP contribution in [0.25, 0.3) is 6.08 Å². The number of nitro groups is 2. The summed E-state index contributed by atoms with van der Waals surface area (Å²) in [7, 11) is 1.15. The van der Waals surface area contributed by atoms with Crippen LogP contribution in [-0.4, -0.2) is 29.4 Å². The molecule has 28 heavy (non-hydrogen) atoms. The molecule has 0 atom stereocenters. The molecular weight excluding hydrogens is 382 g/mol. The highest BCUT2D eigenvalue weighted by atomic mass is 19.3. The van der Waals surface area contributed by atoms with Crippen LogP contribution < -0.4 is 9.47 Å². The first-order valence-electron chi connectivity index (χ1n) is 7.51. The molecule has 0 bridgehead atoms. The average molecular weight is 394 g/mol. The minimum atomic E-state index is -3.22. The van der Waals surface area contributed by atoms with E-state index in [9.17, 15) is 33.8 Å². The van der Waals surface area contributed by atoms with Gasteiger partial charge in [0.15, 0.2) is 17.3 Å². The lowest BCUT2D eigenvalue weighted by atomic mass is 10.1. The van der Waals surface area contributed by atoms with Crippen LogP contribution in [0.3, 0.4) is 0 Å². The zero-order chi connectivity index (χ0) is 20.8. The molecule has 2 aromatic rings. The molecule has 9 nitrogen and oxygen atoms in total. The summed E-state index contributed by atoms with van der Waals surface area (Å²) in [6.45, 7) is -3.22. The number of allylic oxidation sites excluding steroid dienone is 1. The Labute approximate surface area is 156 Å². The van der Waals surface area contributed by atoms with Gasteiger partial charge in [-0.2, -0.15) is 8.78 Å². The van der Waals surface area contributed by atoms with Crippen LogP contribution >= 0.6 is 0 Å². The molecule has 0 amide bonds. The van der Waals surface area contributed by atoms with Gasteiger partial charge in [0.05, 0.1) is 28.6 Å². The van der Waals surface area contributed by atoms with Crippen molar-refractivity contribution in [2.24, 2.45) is 0 Å². The number of benzene rings is 2. The first-order chi connectivity index (χ1) is 13.2. The van der Waals surface area contributed by atoms with Gasteiger partial charge in [-0.3, -0.25) is 25.0 Å². The highest BCUT2D eigenvalue weighted by Crippen LogP contribution is 2.36. The number of halogens is 2. The van der Waals surface area contributed by atoms with Gasteiger partial charge in [-0.1, -0.05) is 12.1 Å². The number of nitro benzene ring substituents is 2. The predicted molar refractivity (Wildman–Crippen MR) is 92.7 cm³/mol. The zero-order valence-corrected chi connectivity index (χ0v) is 14.2. The minimum absolute atomic E-state index is 0.00211. The van der Waals surface area contributed by atoms with E-state index in [0.29, 0.717) is 0 Å². The van der Waals surface area contributed by atoms with Gasteiger partial charge in [0.1, 0.15) is 0 Å². The molecule has 0 aliphatic carbocycles. The standard InChI is InChI=1S/C17H12F2N2O7/c1-27-15-8-10(13(21(25)26)9-16(15)28-17(18)19)5-6-14(22)11-3-2-4-12(7-11)20(23)24/h2-9,17H,1H3/b6-5+. The summed E-state index contributed by atoms with van der Waals surface area (Å²) in [5.41, 5.74) is -1.00. The molecule has 0 radical (unpaired) electrons.